The number of methoxy groups -OCH3 is 1. The summed E-state index contributed by atoms with van der Waals surface area (Å²) < 4.78 is 19.1. The van der Waals surface area contributed by atoms with Gasteiger partial charge in [0.1, 0.15) is 11.6 Å². The highest BCUT2D eigenvalue weighted by molar-refractivity contribution is 9.10. The summed E-state index contributed by atoms with van der Waals surface area (Å²) in [6.45, 7) is 2.01. The first-order chi connectivity index (χ1) is 9.89. The summed E-state index contributed by atoms with van der Waals surface area (Å²) >= 11 is 3.48. The van der Waals surface area contributed by atoms with E-state index in [4.69, 9.17) is 10.5 Å². The zero-order valence-electron chi connectivity index (χ0n) is 12.2. The maximum Gasteiger partial charge on any atom is 0.133 e. The van der Waals surface area contributed by atoms with Gasteiger partial charge in [0.15, 0.2) is 0 Å². The van der Waals surface area contributed by atoms with Gasteiger partial charge in [0, 0.05) is 5.54 Å². The number of ether oxygens (including phenoxy) is 1. The smallest absolute Gasteiger partial charge is 0.133 e. The summed E-state index contributed by atoms with van der Waals surface area (Å²) in [5.41, 5.74) is 8.17. The standard InChI is InChI=1S/C17H19BrFNO/c1-17(20,10-12-3-6-14(19)7-4-12)11-13-5-8-16(21-2)15(18)9-13/h3-9H,10-11,20H2,1-2H3. The van der Waals surface area contributed by atoms with Gasteiger partial charge in [-0.2, -0.15) is 0 Å². The normalized spacial score (nSPS) is 13.8. The number of nitrogens with two attached hydrogens (primary N) is 1. The Labute approximate surface area is 133 Å². The lowest BCUT2D eigenvalue weighted by atomic mass is 9.87. The molecule has 0 amide bonds. The summed E-state index contributed by atoms with van der Waals surface area (Å²) in [7, 11) is 1.64. The second-order valence-corrected chi connectivity index (χ2v) is 6.46. The van der Waals surface area contributed by atoms with E-state index in [0.717, 1.165) is 27.8 Å². The van der Waals surface area contributed by atoms with Crippen LogP contribution in [0.3, 0.4) is 0 Å². The molecule has 2 nitrogen and oxygen atoms in total. The lowest BCUT2D eigenvalue weighted by Crippen LogP contribution is -2.40. The van der Waals surface area contributed by atoms with E-state index >= 15 is 0 Å². The van der Waals surface area contributed by atoms with Crippen molar-refractivity contribution in [2.24, 2.45) is 5.73 Å². The molecular formula is C17H19BrFNO. The van der Waals surface area contributed by atoms with Crippen molar-refractivity contribution in [2.75, 3.05) is 7.11 Å². The van der Waals surface area contributed by atoms with Crippen molar-refractivity contribution >= 4 is 15.9 Å². The van der Waals surface area contributed by atoms with Gasteiger partial charge in [-0.15, -0.1) is 0 Å². The lowest BCUT2D eigenvalue weighted by Gasteiger charge is -2.25. The Kier molecular flexibility index (Phi) is 5.01. The monoisotopic (exact) mass is 351 g/mol. The molecule has 21 heavy (non-hydrogen) atoms. The Morgan fingerprint density at radius 2 is 1.67 bits per heavy atom. The highest BCUT2D eigenvalue weighted by Gasteiger charge is 2.20. The molecule has 2 aromatic carbocycles. The number of halogens is 2. The second-order valence-electron chi connectivity index (χ2n) is 5.60. The molecule has 2 aromatic rings. The highest BCUT2D eigenvalue weighted by atomic mass is 79.9. The topological polar surface area (TPSA) is 35.2 Å². The van der Waals surface area contributed by atoms with E-state index in [1.807, 2.05) is 25.1 Å². The first kappa shape index (κ1) is 16.0. The summed E-state index contributed by atoms with van der Waals surface area (Å²) in [5, 5.41) is 0. The van der Waals surface area contributed by atoms with E-state index in [1.54, 1.807) is 19.2 Å². The Balaban J connectivity index is 2.09. The van der Waals surface area contributed by atoms with Crippen LogP contribution < -0.4 is 10.5 Å². The molecule has 0 saturated heterocycles. The van der Waals surface area contributed by atoms with Crippen LogP contribution in [-0.2, 0) is 12.8 Å². The van der Waals surface area contributed by atoms with E-state index in [0.29, 0.717) is 6.42 Å². The molecule has 0 aromatic heterocycles. The van der Waals surface area contributed by atoms with Crippen molar-refractivity contribution < 1.29 is 9.13 Å². The van der Waals surface area contributed by atoms with Gasteiger partial charge in [-0.25, -0.2) is 4.39 Å². The number of rotatable bonds is 5. The number of hydrogen-bond donors (Lipinski definition) is 1. The minimum absolute atomic E-state index is 0.225. The van der Waals surface area contributed by atoms with E-state index in [1.165, 1.54) is 12.1 Å². The Morgan fingerprint density at radius 1 is 1.10 bits per heavy atom. The summed E-state index contributed by atoms with van der Waals surface area (Å²) in [4.78, 5) is 0. The predicted octanol–water partition coefficient (Wildman–Crippen LogP) is 4.10. The van der Waals surface area contributed by atoms with Gasteiger partial charge >= 0.3 is 0 Å². The van der Waals surface area contributed by atoms with Gasteiger partial charge < -0.3 is 10.5 Å². The molecule has 0 saturated carbocycles. The van der Waals surface area contributed by atoms with Crippen molar-refractivity contribution in [1.82, 2.24) is 0 Å². The van der Waals surface area contributed by atoms with Crippen molar-refractivity contribution in [3.8, 4) is 5.75 Å². The lowest BCUT2D eigenvalue weighted by molar-refractivity contribution is 0.411. The van der Waals surface area contributed by atoms with Crippen LogP contribution in [0.2, 0.25) is 0 Å². The largest absolute Gasteiger partial charge is 0.496 e. The van der Waals surface area contributed by atoms with E-state index in [2.05, 4.69) is 15.9 Å². The quantitative estimate of drug-likeness (QED) is 0.879. The van der Waals surface area contributed by atoms with Crippen LogP contribution in [-0.4, -0.2) is 12.6 Å². The van der Waals surface area contributed by atoms with Crippen LogP contribution in [0.25, 0.3) is 0 Å². The molecule has 112 valence electrons. The molecular weight excluding hydrogens is 333 g/mol. The Morgan fingerprint density at radius 3 is 2.24 bits per heavy atom. The van der Waals surface area contributed by atoms with Crippen LogP contribution in [0, 0.1) is 5.82 Å². The molecule has 0 radical (unpaired) electrons. The second kappa shape index (κ2) is 6.58. The van der Waals surface area contributed by atoms with Crippen LogP contribution >= 0.6 is 15.9 Å². The molecule has 1 unspecified atom stereocenters. The maximum atomic E-state index is 12.9. The zero-order valence-corrected chi connectivity index (χ0v) is 13.8. The maximum absolute atomic E-state index is 12.9. The van der Waals surface area contributed by atoms with Crippen LogP contribution in [0.15, 0.2) is 46.9 Å². The fourth-order valence-electron chi connectivity index (χ4n) is 2.42. The highest BCUT2D eigenvalue weighted by Crippen LogP contribution is 2.27. The minimum Gasteiger partial charge on any atom is -0.496 e. The summed E-state index contributed by atoms with van der Waals surface area (Å²) in [6, 6.07) is 12.5. The third-order valence-electron chi connectivity index (χ3n) is 3.35. The first-order valence-corrected chi connectivity index (χ1v) is 7.55. The zero-order chi connectivity index (χ0) is 15.5. The molecule has 4 heteroatoms. The summed E-state index contributed by atoms with van der Waals surface area (Å²) in [5.74, 6) is 0.576. The molecule has 1 atom stereocenters. The fourth-order valence-corrected chi connectivity index (χ4v) is 3.01. The van der Waals surface area contributed by atoms with Crippen LogP contribution in [0.4, 0.5) is 4.39 Å². The molecule has 2 N–H and O–H groups in total. The molecule has 0 aliphatic heterocycles. The van der Waals surface area contributed by atoms with Crippen molar-refractivity contribution in [1.29, 1.82) is 0 Å². The molecule has 0 aliphatic carbocycles. The molecule has 0 bridgehead atoms. The average Bonchev–Trinajstić information content (AvgIpc) is 2.41. The Bertz CT molecular complexity index is 611. The Hall–Kier alpha value is -1.39. The molecule has 0 aliphatic rings. The van der Waals surface area contributed by atoms with Crippen LogP contribution in [0.1, 0.15) is 18.1 Å². The van der Waals surface area contributed by atoms with Gasteiger partial charge in [0.25, 0.3) is 0 Å². The van der Waals surface area contributed by atoms with Crippen molar-refractivity contribution in [3.05, 3.63) is 63.9 Å². The number of benzene rings is 2. The average molecular weight is 352 g/mol. The van der Waals surface area contributed by atoms with Gasteiger partial charge in [-0.1, -0.05) is 18.2 Å². The van der Waals surface area contributed by atoms with Gasteiger partial charge in [-0.05, 0) is 71.1 Å². The molecule has 0 spiro atoms. The predicted molar refractivity (Wildman–Crippen MR) is 87.1 cm³/mol. The van der Waals surface area contributed by atoms with E-state index in [-0.39, 0.29) is 5.82 Å². The van der Waals surface area contributed by atoms with Crippen molar-refractivity contribution in [3.63, 3.8) is 0 Å². The third-order valence-corrected chi connectivity index (χ3v) is 3.97. The van der Waals surface area contributed by atoms with E-state index in [9.17, 15) is 4.39 Å². The molecule has 0 heterocycles. The van der Waals surface area contributed by atoms with Crippen molar-refractivity contribution in [2.45, 2.75) is 25.3 Å². The van der Waals surface area contributed by atoms with E-state index < -0.39 is 5.54 Å². The molecule has 2 rings (SSSR count). The van der Waals surface area contributed by atoms with Gasteiger partial charge in [-0.3, -0.25) is 0 Å². The fraction of sp³-hybridized carbons (Fsp3) is 0.294. The van der Waals surface area contributed by atoms with Crippen LogP contribution in [0.5, 0.6) is 5.75 Å². The molecule has 0 fully saturated rings. The minimum atomic E-state index is -0.397. The van der Waals surface area contributed by atoms with Gasteiger partial charge in [0.2, 0.25) is 0 Å². The number of hydrogen-bond acceptors (Lipinski definition) is 2. The summed E-state index contributed by atoms with van der Waals surface area (Å²) in [6.07, 6.45) is 1.42. The SMILES string of the molecule is COc1ccc(CC(C)(N)Cc2ccc(F)cc2)cc1Br. The van der Waals surface area contributed by atoms with Gasteiger partial charge in [0.05, 0.1) is 11.6 Å². The first-order valence-electron chi connectivity index (χ1n) is 6.75. The third kappa shape index (κ3) is 4.55.